The van der Waals surface area contributed by atoms with E-state index in [1.54, 1.807) is 12.4 Å². The molecule has 0 aliphatic carbocycles. The molecule has 1 aromatic heterocycles. The van der Waals surface area contributed by atoms with Gasteiger partial charge in [0.25, 0.3) is 0 Å². The standard InChI is InChI=1S/C13H13N3/c1-2-4-11-10(3-1)5-6-12(16-11)13-9-14-7-8-15-13/h1-4,7-9,12,16H,5-6H2. The Bertz CT molecular complexity index is 482. The number of nitrogens with zero attached hydrogens (tertiary/aromatic N) is 2. The summed E-state index contributed by atoms with van der Waals surface area (Å²) in [4.78, 5) is 8.46. The molecule has 1 aromatic carbocycles. The fourth-order valence-electron chi connectivity index (χ4n) is 2.15. The molecule has 2 aromatic rings. The fraction of sp³-hybridized carbons (Fsp3) is 0.231. The Morgan fingerprint density at radius 1 is 1.19 bits per heavy atom. The average Bonchev–Trinajstić information content (AvgIpc) is 2.39. The van der Waals surface area contributed by atoms with E-state index in [4.69, 9.17) is 0 Å². The number of benzene rings is 1. The number of fused-ring (bicyclic) bond motifs is 1. The molecule has 3 rings (SSSR count). The first-order valence-electron chi connectivity index (χ1n) is 5.54. The molecule has 1 unspecified atom stereocenters. The molecule has 0 bridgehead atoms. The molecule has 0 spiro atoms. The molecule has 1 N–H and O–H groups in total. The van der Waals surface area contributed by atoms with Crippen molar-refractivity contribution in [2.45, 2.75) is 18.9 Å². The van der Waals surface area contributed by atoms with Gasteiger partial charge in [0, 0.05) is 18.1 Å². The van der Waals surface area contributed by atoms with Gasteiger partial charge in [-0.15, -0.1) is 0 Å². The monoisotopic (exact) mass is 211 g/mol. The van der Waals surface area contributed by atoms with Gasteiger partial charge in [-0.3, -0.25) is 9.97 Å². The lowest BCUT2D eigenvalue weighted by atomic mass is 9.96. The van der Waals surface area contributed by atoms with E-state index in [0.717, 1.165) is 18.5 Å². The van der Waals surface area contributed by atoms with E-state index in [1.807, 2.05) is 6.20 Å². The van der Waals surface area contributed by atoms with Crippen LogP contribution >= 0.6 is 0 Å². The van der Waals surface area contributed by atoms with Gasteiger partial charge in [0.15, 0.2) is 0 Å². The molecule has 0 fully saturated rings. The van der Waals surface area contributed by atoms with Crippen LogP contribution in [0.2, 0.25) is 0 Å². The highest BCUT2D eigenvalue weighted by atomic mass is 15.0. The van der Waals surface area contributed by atoms with Gasteiger partial charge in [-0.25, -0.2) is 0 Å². The average molecular weight is 211 g/mol. The van der Waals surface area contributed by atoms with Crippen molar-refractivity contribution in [3.05, 3.63) is 54.1 Å². The van der Waals surface area contributed by atoms with Crippen LogP contribution < -0.4 is 5.32 Å². The highest BCUT2D eigenvalue weighted by molar-refractivity contribution is 5.54. The molecule has 3 nitrogen and oxygen atoms in total. The number of para-hydroxylation sites is 1. The summed E-state index contributed by atoms with van der Waals surface area (Å²) < 4.78 is 0. The Morgan fingerprint density at radius 3 is 3.00 bits per heavy atom. The van der Waals surface area contributed by atoms with Crippen LogP contribution in [0.4, 0.5) is 5.69 Å². The minimum absolute atomic E-state index is 0.295. The van der Waals surface area contributed by atoms with Gasteiger partial charge in [-0.1, -0.05) is 18.2 Å². The molecule has 1 aliphatic rings. The van der Waals surface area contributed by atoms with Gasteiger partial charge in [0.1, 0.15) is 0 Å². The molecular weight excluding hydrogens is 198 g/mol. The predicted molar refractivity (Wildman–Crippen MR) is 63.2 cm³/mol. The number of rotatable bonds is 1. The third kappa shape index (κ3) is 1.65. The predicted octanol–water partition coefficient (Wildman–Crippen LogP) is 2.58. The number of nitrogens with one attached hydrogen (secondary N) is 1. The minimum Gasteiger partial charge on any atom is -0.376 e. The second-order valence-electron chi connectivity index (χ2n) is 4.02. The lowest BCUT2D eigenvalue weighted by molar-refractivity contribution is 0.647. The van der Waals surface area contributed by atoms with Crippen molar-refractivity contribution in [1.29, 1.82) is 0 Å². The smallest absolute Gasteiger partial charge is 0.0809 e. The summed E-state index contributed by atoms with van der Waals surface area (Å²) in [6, 6.07) is 8.74. The summed E-state index contributed by atoms with van der Waals surface area (Å²) in [5, 5.41) is 3.51. The Hall–Kier alpha value is -1.90. The van der Waals surface area contributed by atoms with Gasteiger partial charge in [-0.2, -0.15) is 0 Å². The summed E-state index contributed by atoms with van der Waals surface area (Å²) in [5.74, 6) is 0. The quantitative estimate of drug-likeness (QED) is 0.787. The molecule has 80 valence electrons. The van der Waals surface area contributed by atoms with Crippen molar-refractivity contribution in [2.24, 2.45) is 0 Å². The molecule has 1 aliphatic heterocycles. The van der Waals surface area contributed by atoms with Crippen molar-refractivity contribution in [3.63, 3.8) is 0 Å². The Balaban J connectivity index is 1.89. The number of hydrogen-bond acceptors (Lipinski definition) is 3. The van der Waals surface area contributed by atoms with Gasteiger partial charge in [0.2, 0.25) is 0 Å². The molecule has 1 atom stereocenters. The molecule has 3 heteroatoms. The van der Waals surface area contributed by atoms with Gasteiger partial charge < -0.3 is 5.32 Å². The first kappa shape index (κ1) is 9.33. The third-order valence-electron chi connectivity index (χ3n) is 2.99. The Morgan fingerprint density at radius 2 is 2.12 bits per heavy atom. The maximum atomic E-state index is 4.35. The maximum absolute atomic E-state index is 4.35. The normalized spacial score (nSPS) is 18.6. The highest BCUT2D eigenvalue weighted by Gasteiger charge is 2.19. The van der Waals surface area contributed by atoms with Gasteiger partial charge in [-0.05, 0) is 24.5 Å². The van der Waals surface area contributed by atoms with Crippen molar-refractivity contribution >= 4 is 5.69 Å². The number of aryl methyl sites for hydroxylation is 1. The number of aromatic nitrogens is 2. The summed E-state index contributed by atoms with van der Waals surface area (Å²) >= 11 is 0. The zero-order valence-electron chi connectivity index (χ0n) is 8.93. The largest absolute Gasteiger partial charge is 0.376 e. The first-order valence-corrected chi connectivity index (χ1v) is 5.54. The van der Waals surface area contributed by atoms with Crippen molar-refractivity contribution in [3.8, 4) is 0 Å². The first-order chi connectivity index (χ1) is 7.93. The molecule has 0 saturated carbocycles. The van der Waals surface area contributed by atoms with E-state index in [0.29, 0.717) is 6.04 Å². The summed E-state index contributed by atoms with van der Waals surface area (Å²) in [5.41, 5.74) is 3.64. The molecule has 0 radical (unpaired) electrons. The van der Waals surface area contributed by atoms with Crippen LogP contribution in [0.25, 0.3) is 0 Å². The van der Waals surface area contributed by atoms with E-state index in [9.17, 15) is 0 Å². The lowest BCUT2D eigenvalue weighted by Crippen LogP contribution is -2.18. The topological polar surface area (TPSA) is 37.8 Å². The molecule has 16 heavy (non-hydrogen) atoms. The molecule has 0 amide bonds. The van der Waals surface area contributed by atoms with Crippen LogP contribution in [0, 0.1) is 0 Å². The Labute approximate surface area is 94.6 Å². The maximum Gasteiger partial charge on any atom is 0.0809 e. The lowest BCUT2D eigenvalue weighted by Gasteiger charge is -2.26. The number of anilines is 1. The van der Waals surface area contributed by atoms with Crippen LogP contribution in [-0.4, -0.2) is 9.97 Å². The van der Waals surface area contributed by atoms with E-state index in [1.165, 1.54) is 11.3 Å². The van der Waals surface area contributed by atoms with Crippen LogP contribution in [0.1, 0.15) is 23.7 Å². The minimum atomic E-state index is 0.295. The van der Waals surface area contributed by atoms with E-state index in [-0.39, 0.29) is 0 Å². The summed E-state index contributed by atoms with van der Waals surface area (Å²) in [6.07, 6.45) is 7.48. The van der Waals surface area contributed by atoms with Gasteiger partial charge >= 0.3 is 0 Å². The highest BCUT2D eigenvalue weighted by Crippen LogP contribution is 2.30. The molecular formula is C13H13N3. The van der Waals surface area contributed by atoms with E-state index >= 15 is 0 Å². The molecule has 2 heterocycles. The summed E-state index contributed by atoms with van der Waals surface area (Å²) in [6.45, 7) is 0. The second-order valence-corrected chi connectivity index (χ2v) is 4.02. The van der Waals surface area contributed by atoms with Crippen LogP contribution in [0.3, 0.4) is 0 Å². The van der Waals surface area contributed by atoms with Gasteiger partial charge in [0.05, 0.1) is 17.9 Å². The van der Waals surface area contributed by atoms with Crippen LogP contribution in [-0.2, 0) is 6.42 Å². The zero-order valence-corrected chi connectivity index (χ0v) is 8.93. The van der Waals surface area contributed by atoms with Crippen molar-refractivity contribution in [1.82, 2.24) is 9.97 Å². The Kier molecular flexibility index (Phi) is 2.29. The summed E-state index contributed by atoms with van der Waals surface area (Å²) in [7, 11) is 0. The van der Waals surface area contributed by atoms with Crippen LogP contribution in [0.5, 0.6) is 0 Å². The van der Waals surface area contributed by atoms with E-state index < -0.39 is 0 Å². The SMILES string of the molecule is c1ccc2c(c1)CCC(c1cnccn1)N2. The number of hydrogen-bond donors (Lipinski definition) is 1. The third-order valence-corrected chi connectivity index (χ3v) is 2.99. The zero-order chi connectivity index (χ0) is 10.8. The fourth-order valence-corrected chi connectivity index (χ4v) is 2.15. The van der Waals surface area contributed by atoms with Crippen molar-refractivity contribution in [2.75, 3.05) is 5.32 Å². The second kappa shape index (κ2) is 3.93. The van der Waals surface area contributed by atoms with Crippen molar-refractivity contribution < 1.29 is 0 Å². The van der Waals surface area contributed by atoms with Crippen LogP contribution in [0.15, 0.2) is 42.9 Å². The van der Waals surface area contributed by atoms with E-state index in [2.05, 4.69) is 39.6 Å². The molecule has 0 saturated heterocycles.